The maximum atomic E-state index is 11.6. The third kappa shape index (κ3) is 5.05. The molecule has 22 heavy (non-hydrogen) atoms. The minimum atomic E-state index is -0.392. The quantitative estimate of drug-likeness (QED) is 0.614. The standard InChI is InChI=1S/C15H12BrClN2O3/c16-13-7-11(17)3-6-14(13)22-9-15(21)19-18-8-10-1-4-12(20)5-2-10/h1-8,20H,9H2,(H,19,21). The van der Waals surface area contributed by atoms with E-state index in [4.69, 9.17) is 21.4 Å². The molecule has 2 aromatic rings. The Morgan fingerprint density at radius 2 is 2.05 bits per heavy atom. The highest BCUT2D eigenvalue weighted by Gasteiger charge is 2.05. The normalized spacial score (nSPS) is 10.6. The molecule has 1 amide bonds. The summed E-state index contributed by atoms with van der Waals surface area (Å²) in [5.74, 6) is 0.294. The second-order valence-corrected chi connectivity index (χ2v) is 5.54. The van der Waals surface area contributed by atoms with Crippen LogP contribution in [0.3, 0.4) is 0 Å². The van der Waals surface area contributed by atoms with Gasteiger partial charge in [-0.25, -0.2) is 5.43 Å². The van der Waals surface area contributed by atoms with Crippen LogP contribution in [0.4, 0.5) is 0 Å². The van der Waals surface area contributed by atoms with Crippen molar-refractivity contribution in [3.8, 4) is 11.5 Å². The number of rotatable bonds is 5. The highest BCUT2D eigenvalue weighted by atomic mass is 79.9. The Morgan fingerprint density at radius 1 is 1.32 bits per heavy atom. The number of ether oxygens (including phenoxy) is 1. The molecular formula is C15H12BrClN2O3. The van der Waals surface area contributed by atoms with E-state index in [1.54, 1.807) is 30.3 Å². The molecule has 2 N–H and O–H groups in total. The van der Waals surface area contributed by atoms with Crippen molar-refractivity contribution in [2.24, 2.45) is 5.10 Å². The van der Waals surface area contributed by atoms with Crippen molar-refractivity contribution in [1.82, 2.24) is 5.43 Å². The van der Waals surface area contributed by atoms with Crippen molar-refractivity contribution in [2.45, 2.75) is 0 Å². The lowest BCUT2D eigenvalue weighted by molar-refractivity contribution is -0.123. The lowest BCUT2D eigenvalue weighted by Gasteiger charge is -2.07. The molecule has 0 spiro atoms. The molecule has 0 saturated heterocycles. The van der Waals surface area contributed by atoms with Crippen molar-refractivity contribution in [3.05, 3.63) is 57.5 Å². The monoisotopic (exact) mass is 382 g/mol. The smallest absolute Gasteiger partial charge is 0.277 e. The van der Waals surface area contributed by atoms with E-state index in [2.05, 4.69) is 26.5 Å². The van der Waals surface area contributed by atoms with Gasteiger partial charge < -0.3 is 9.84 Å². The number of phenols is 1. The maximum absolute atomic E-state index is 11.6. The highest BCUT2D eigenvalue weighted by molar-refractivity contribution is 9.10. The zero-order valence-electron chi connectivity index (χ0n) is 11.3. The van der Waals surface area contributed by atoms with Crippen LogP contribution in [-0.4, -0.2) is 23.8 Å². The Balaban J connectivity index is 1.81. The van der Waals surface area contributed by atoms with Crippen LogP contribution in [0.15, 0.2) is 52.0 Å². The third-order valence-corrected chi connectivity index (χ3v) is 3.40. The molecule has 0 bridgehead atoms. The number of phenolic OH excluding ortho intramolecular Hbond substituents is 1. The van der Waals surface area contributed by atoms with Crippen LogP contribution >= 0.6 is 27.5 Å². The molecule has 2 aromatic carbocycles. The number of hydrogen-bond acceptors (Lipinski definition) is 4. The molecular weight excluding hydrogens is 372 g/mol. The van der Waals surface area contributed by atoms with Gasteiger partial charge in [0, 0.05) is 5.02 Å². The van der Waals surface area contributed by atoms with Gasteiger partial charge in [-0.05, 0) is 64.0 Å². The van der Waals surface area contributed by atoms with Gasteiger partial charge in [0.05, 0.1) is 10.7 Å². The summed E-state index contributed by atoms with van der Waals surface area (Å²) in [6.45, 7) is -0.173. The number of nitrogens with zero attached hydrogens (tertiary/aromatic N) is 1. The van der Waals surface area contributed by atoms with E-state index < -0.39 is 5.91 Å². The van der Waals surface area contributed by atoms with E-state index in [9.17, 15) is 4.79 Å². The van der Waals surface area contributed by atoms with Gasteiger partial charge >= 0.3 is 0 Å². The van der Waals surface area contributed by atoms with Crippen LogP contribution in [0.25, 0.3) is 0 Å². The molecule has 0 heterocycles. The maximum Gasteiger partial charge on any atom is 0.277 e. The first-order valence-corrected chi connectivity index (χ1v) is 7.40. The lowest BCUT2D eigenvalue weighted by atomic mass is 10.2. The zero-order chi connectivity index (χ0) is 15.9. The van der Waals surface area contributed by atoms with Gasteiger partial charge in [-0.1, -0.05) is 11.6 Å². The average Bonchev–Trinajstić information content (AvgIpc) is 2.48. The zero-order valence-corrected chi connectivity index (χ0v) is 13.6. The predicted molar refractivity (Wildman–Crippen MR) is 88.5 cm³/mol. The van der Waals surface area contributed by atoms with Crippen molar-refractivity contribution in [2.75, 3.05) is 6.61 Å². The van der Waals surface area contributed by atoms with Gasteiger partial charge in [-0.2, -0.15) is 5.10 Å². The Kier molecular flexibility index (Phi) is 5.80. The molecule has 0 saturated carbocycles. The van der Waals surface area contributed by atoms with Gasteiger partial charge in [-0.3, -0.25) is 4.79 Å². The van der Waals surface area contributed by atoms with E-state index in [1.165, 1.54) is 18.3 Å². The molecule has 0 aliphatic heterocycles. The molecule has 2 rings (SSSR count). The summed E-state index contributed by atoms with van der Waals surface area (Å²) in [7, 11) is 0. The minimum Gasteiger partial charge on any atom is -0.508 e. The largest absolute Gasteiger partial charge is 0.508 e. The molecule has 0 aliphatic carbocycles. The summed E-state index contributed by atoms with van der Waals surface area (Å²) in [6.07, 6.45) is 1.47. The molecule has 5 nitrogen and oxygen atoms in total. The topological polar surface area (TPSA) is 70.9 Å². The fourth-order valence-corrected chi connectivity index (χ4v) is 2.30. The number of halogens is 2. The van der Waals surface area contributed by atoms with Gasteiger partial charge in [0.2, 0.25) is 0 Å². The fraction of sp³-hybridized carbons (Fsp3) is 0.0667. The van der Waals surface area contributed by atoms with Crippen molar-refractivity contribution < 1.29 is 14.6 Å². The number of hydrogen-bond donors (Lipinski definition) is 2. The van der Waals surface area contributed by atoms with Crippen molar-refractivity contribution in [3.63, 3.8) is 0 Å². The van der Waals surface area contributed by atoms with Gasteiger partial charge in [-0.15, -0.1) is 0 Å². The summed E-state index contributed by atoms with van der Waals surface area (Å²) >= 11 is 9.11. The van der Waals surface area contributed by atoms with Crippen molar-refractivity contribution in [1.29, 1.82) is 0 Å². The van der Waals surface area contributed by atoms with Crippen LogP contribution in [0.1, 0.15) is 5.56 Å². The summed E-state index contributed by atoms with van der Waals surface area (Å²) in [4.78, 5) is 11.6. The van der Waals surface area contributed by atoms with E-state index in [0.29, 0.717) is 15.2 Å². The number of benzene rings is 2. The third-order valence-electron chi connectivity index (χ3n) is 2.55. The Labute approximate surface area is 140 Å². The number of carbonyl (C=O) groups is 1. The van der Waals surface area contributed by atoms with Crippen LogP contribution in [-0.2, 0) is 4.79 Å². The summed E-state index contributed by atoms with van der Waals surface area (Å²) in [5, 5.41) is 13.5. The Hall–Kier alpha value is -2.05. The summed E-state index contributed by atoms with van der Waals surface area (Å²) < 4.78 is 6.01. The number of aromatic hydroxyl groups is 1. The van der Waals surface area contributed by atoms with Gasteiger partial charge in [0.15, 0.2) is 6.61 Å². The van der Waals surface area contributed by atoms with Crippen LogP contribution in [0.2, 0.25) is 5.02 Å². The van der Waals surface area contributed by atoms with E-state index in [0.717, 1.165) is 5.56 Å². The average molecular weight is 384 g/mol. The van der Waals surface area contributed by atoms with E-state index >= 15 is 0 Å². The number of nitrogens with one attached hydrogen (secondary N) is 1. The summed E-state index contributed by atoms with van der Waals surface area (Å²) in [6, 6.07) is 11.4. The molecule has 7 heteroatoms. The van der Waals surface area contributed by atoms with Crippen LogP contribution < -0.4 is 10.2 Å². The first kappa shape index (κ1) is 16.3. The molecule has 0 fully saturated rings. The number of amides is 1. The minimum absolute atomic E-state index is 0.170. The molecule has 0 radical (unpaired) electrons. The molecule has 114 valence electrons. The Morgan fingerprint density at radius 3 is 2.73 bits per heavy atom. The summed E-state index contributed by atoms with van der Waals surface area (Å²) in [5.41, 5.74) is 3.10. The number of hydrazone groups is 1. The fourth-order valence-electron chi connectivity index (χ4n) is 1.51. The Bertz CT molecular complexity index is 690. The second kappa shape index (κ2) is 7.82. The van der Waals surface area contributed by atoms with Crippen LogP contribution in [0.5, 0.6) is 11.5 Å². The van der Waals surface area contributed by atoms with E-state index in [-0.39, 0.29) is 12.4 Å². The van der Waals surface area contributed by atoms with Gasteiger partial charge in [0.25, 0.3) is 5.91 Å². The highest BCUT2D eigenvalue weighted by Crippen LogP contribution is 2.27. The lowest BCUT2D eigenvalue weighted by Crippen LogP contribution is -2.24. The SMILES string of the molecule is O=C(COc1ccc(Cl)cc1Br)NN=Cc1ccc(O)cc1. The first-order chi connectivity index (χ1) is 10.5. The molecule has 0 unspecified atom stereocenters. The van der Waals surface area contributed by atoms with Gasteiger partial charge in [0.1, 0.15) is 11.5 Å². The predicted octanol–water partition coefficient (Wildman–Crippen LogP) is 3.34. The van der Waals surface area contributed by atoms with E-state index in [1.807, 2.05) is 0 Å². The first-order valence-electron chi connectivity index (χ1n) is 6.23. The number of carbonyl (C=O) groups excluding carboxylic acids is 1. The molecule has 0 aliphatic rings. The molecule has 0 atom stereocenters. The van der Waals surface area contributed by atoms with Crippen LogP contribution in [0, 0.1) is 0 Å². The van der Waals surface area contributed by atoms with Crippen molar-refractivity contribution >= 4 is 39.7 Å². The molecule has 0 aromatic heterocycles. The second-order valence-electron chi connectivity index (χ2n) is 4.25.